The molecule has 0 radical (unpaired) electrons. The van der Waals surface area contributed by atoms with Crippen LogP contribution in [0.3, 0.4) is 0 Å². The Hall–Kier alpha value is -0.480. The third-order valence-electron chi connectivity index (χ3n) is 2.71. The molecule has 1 atom stereocenters. The minimum Gasteiger partial charge on any atom is -0.363 e. The van der Waals surface area contributed by atoms with Crippen LogP contribution in [0.15, 0.2) is 31.0 Å². The Morgan fingerprint density at radius 1 is 1.31 bits per heavy atom. The van der Waals surface area contributed by atoms with Crippen molar-refractivity contribution in [2.45, 2.75) is 6.04 Å². The highest BCUT2D eigenvalue weighted by Crippen LogP contribution is 2.19. The maximum absolute atomic E-state index is 3.91. The molecule has 5 heteroatoms. The number of aromatic nitrogens is 1. The SMILES string of the molecule is C=C[C@@H](c1ccc[nH]1)N1CCNCC1.Cl.Cl. The summed E-state index contributed by atoms with van der Waals surface area (Å²) in [4.78, 5) is 5.69. The lowest BCUT2D eigenvalue weighted by atomic mass is 10.1. The van der Waals surface area contributed by atoms with E-state index in [1.165, 1.54) is 5.69 Å². The molecule has 16 heavy (non-hydrogen) atoms. The summed E-state index contributed by atoms with van der Waals surface area (Å²) in [7, 11) is 0. The lowest BCUT2D eigenvalue weighted by Crippen LogP contribution is -2.44. The van der Waals surface area contributed by atoms with Gasteiger partial charge in [-0.25, -0.2) is 0 Å². The molecule has 1 aliphatic heterocycles. The van der Waals surface area contributed by atoms with E-state index < -0.39 is 0 Å². The lowest BCUT2D eigenvalue weighted by molar-refractivity contribution is 0.201. The van der Waals surface area contributed by atoms with Crippen molar-refractivity contribution >= 4 is 24.8 Å². The van der Waals surface area contributed by atoms with Crippen molar-refractivity contribution in [3.05, 3.63) is 36.7 Å². The smallest absolute Gasteiger partial charge is 0.0682 e. The van der Waals surface area contributed by atoms with E-state index in [1.807, 2.05) is 18.3 Å². The van der Waals surface area contributed by atoms with E-state index in [0.29, 0.717) is 6.04 Å². The van der Waals surface area contributed by atoms with Crippen LogP contribution >= 0.6 is 24.8 Å². The monoisotopic (exact) mass is 263 g/mol. The molecule has 2 N–H and O–H groups in total. The molecule has 1 aliphatic rings. The molecule has 0 amide bonds. The van der Waals surface area contributed by atoms with E-state index in [4.69, 9.17) is 0 Å². The van der Waals surface area contributed by atoms with Gasteiger partial charge in [0.1, 0.15) is 0 Å². The predicted molar refractivity (Wildman–Crippen MR) is 72.7 cm³/mol. The van der Waals surface area contributed by atoms with Crippen LogP contribution in [0.4, 0.5) is 0 Å². The van der Waals surface area contributed by atoms with Gasteiger partial charge in [0.25, 0.3) is 0 Å². The molecule has 0 aliphatic carbocycles. The minimum atomic E-state index is 0. The Morgan fingerprint density at radius 3 is 2.50 bits per heavy atom. The van der Waals surface area contributed by atoms with Gasteiger partial charge in [-0.3, -0.25) is 4.90 Å². The topological polar surface area (TPSA) is 31.1 Å². The molecular weight excluding hydrogens is 245 g/mol. The molecule has 2 rings (SSSR count). The number of hydrogen-bond donors (Lipinski definition) is 2. The van der Waals surface area contributed by atoms with E-state index in [-0.39, 0.29) is 24.8 Å². The van der Waals surface area contributed by atoms with Gasteiger partial charge in [-0.2, -0.15) is 0 Å². The van der Waals surface area contributed by atoms with Crippen LogP contribution in [0.2, 0.25) is 0 Å². The molecule has 0 saturated carbocycles. The van der Waals surface area contributed by atoms with Crippen molar-refractivity contribution in [2.75, 3.05) is 26.2 Å². The van der Waals surface area contributed by atoms with Crippen molar-refractivity contribution in [3.63, 3.8) is 0 Å². The Bertz CT molecular complexity index is 281. The summed E-state index contributed by atoms with van der Waals surface area (Å²) >= 11 is 0. The average Bonchev–Trinajstić information content (AvgIpc) is 2.74. The predicted octanol–water partition coefficient (Wildman–Crippen LogP) is 1.99. The Morgan fingerprint density at radius 2 is 2.00 bits per heavy atom. The van der Waals surface area contributed by atoms with Crippen molar-refractivity contribution in [2.24, 2.45) is 0 Å². The van der Waals surface area contributed by atoms with Gasteiger partial charge in [0.15, 0.2) is 0 Å². The molecule has 0 bridgehead atoms. The van der Waals surface area contributed by atoms with Gasteiger partial charge in [0.2, 0.25) is 0 Å². The van der Waals surface area contributed by atoms with Crippen LogP contribution < -0.4 is 5.32 Å². The van der Waals surface area contributed by atoms with E-state index in [0.717, 1.165) is 26.2 Å². The highest BCUT2D eigenvalue weighted by molar-refractivity contribution is 5.85. The van der Waals surface area contributed by atoms with Gasteiger partial charge in [0, 0.05) is 38.1 Å². The molecule has 2 heterocycles. The van der Waals surface area contributed by atoms with Crippen molar-refractivity contribution in [1.82, 2.24) is 15.2 Å². The van der Waals surface area contributed by atoms with E-state index in [2.05, 4.69) is 27.8 Å². The minimum absolute atomic E-state index is 0. The molecule has 0 unspecified atom stereocenters. The summed E-state index contributed by atoms with van der Waals surface area (Å²) in [5.41, 5.74) is 1.24. The first-order valence-corrected chi connectivity index (χ1v) is 5.12. The summed E-state index contributed by atoms with van der Waals surface area (Å²) < 4.78 is 0. The van der Waals surface area contributed by atoms with E-state index >= 15 is 0 Å². The third-order valence-corrected chi connectivity index (χ3v) is 2.71. The first-order valence-electron chi connectivity index (χ1n) is 5.12. The molecule has 0 spiro atoms. The van der Waals surface area contributed by atoms with Crippen molar-refractivity contribution in [3.8, 4) is 0 Å². The average molecular weight is 264 g/mol. The second-order valence-electron chi connectivity index (χ2n) is 3.59. The van der Waals surface area contributed by atoms with E-state index in [9.17, 15) is 0 Å². The number of nitrogens with one attached hydrogen (secondary N) is 2. The van der Waals surface area contributed by atoms with Gasteiger partial charge in [-0.15, -0.1) is 31.4 Å². The number of hydrogen-bond acceptors (Lipinski definition) is 2. The number of nitrogens with zero attached hydrogens (tertiary/aromatic N) is 1. The van der Waals surface area contributed by atoms with Crippen LogP contribution in [0, 0.1) is 0 Å². The number of rotatable bonds is 3. The standard InChI is InChI=1S/C11H17N3.2ClH/c1-2-11(10-4-3-5-13-10)14-8-6-12-7-9-14;;/h2-5,11-13H,1,6-9H2;2*1H/t11-;;/m0../s1. The Kier molecular flexibility index (Phi) is 7.51. The maximum Gasteiger partial charge on any atom is 0.0682 e. The number of halogens is 2. The summed E-state index contributed by atoms with van der Waals surface area (Å²) in [5, 5.41) is 3.35. The summed E-state index contributed by atoms with van der Waals surface area (Å²) in [6, 6.07) is 4.50. The van der Waals surface area contributed by atoms with Crippen LogP contribution in [0.1, 0.15) is 11.7 Å². The molecule has 1 fully saturated rings. The van der Waals surface area contributed by atoms with Crippen LogP contribution in [0.25, 0.3) is 0 Å². The molecule has 92 valence electrons. The fraction of sp³-hybridized carbons (Fsp3) is 0.455. The van der Waals surface area contributed by atoms with Crippen molar-refractivity contribution < 1.29 is 0 Å². The molecule has 1 aromatic heterocycles. The van der Waals surface area contributed by atoms with Gasteiger partial charge in [0.05, 0.1) is 6.04 Å². The summed E-state index contributed by atoms with van der Waals surface area (Å²) in [6.45, 7) is 8.24. The molecule has 1 aromatic rings. The Balaban J connectivity index is 0.00000112. The van der Waals surface area contributed by atoms with Crippen LogP contribution in [-0.2, 0) is 0 Å². The largest absolute Gasteiger partial charge is 0.363 e. The fourth-order valence-corrected chi connectivity index (χ4v) is 1.96. The lowest BCUT2D eigenvalue weighted by Gasteiger charge is -2.32. The fourth-order valence-electron chi connectivity index (χ4n) is 1.96. The first-order chi connectivity index (χ1) is 6.92. The van der Waals surface area contributed by atoms with Gasteiger partial charge in [-0.05, 0) is 12.1 Å². The summed E-state index contributed by atoms with van der Waals surface area (Å²) in [6.07, 6.45) is 3.98. The zero-order chi connectivity index (χ0) is 9.80. The summed E-state index contributed by atoms with van der Waals surface area (Å²) in [5.74, 6) is 0. The quantitative estimate of drug-likeness (QED) is 0.818. The second kappa shape index (κ2) is 7.74. The molecule has 3 nitrogen and oxygen atoms in total. The zero-order valence-electron chi connectivity index (χ0n) is 9.19. The van der Waals surface area contributed by atoms with Gasteiger partial charge >= 0.3 is 0 Å². The number of piperazine rings is 1. The number of H-pyrrole nitrogens is 1. The van der Waals surface area contributed by atoms with Gasteiger partial charge in [-0.1, -0.05) is 6.08 Å². The maximum atomic E-state index is 3.91. The highest BCUT2D eigenvalue weighted by atomic mass is 35.5. The molecule has 1 saturated heterocycles. The van der Waals surface area contributed by atoms with E-state index in [1.54, 1.807) is 0 Å². The molecular formula is C11H19Cl2N3. The molecule has 0 aromatic carbocycles. The first kappa shape index (κ1) is 15.5. The van der Waals surface area contributed by atoms with Crippen molar-refractivity contribution in [1.29, 1.82) is 0 Å². The number of aromatic amines is 1. The third kappa shape index (κ3) is 3.52. The van der Waals surface area contributed by atoms with Gasteiger partial charge < -0.3 is 10.3 Å². The zero-order valence-corrected chi connectivity index (χ0v) is 10.8. The van der Waals surface area contributed by atoms with Crippen LogP contribution in [0.5, 0.6) is 0 Å². The normalized spacial score (nSPS) is 18.0. The second-order valence-corrected chi connectivity index (χ2v) is 3.59. The highest BCUT2D eigenvalue weighted by Gasteiger charge is 2.19. The Labute approximate surface area is 109 Å². The van der Waals surface area contributed by atoms with Crippen LogP contribution in [-0.4, -0.2) is 36.1 Å².